The van der Waals surface area contributed by atoms with Gasteiger partial charge in [-0.15, -0.1) is 11.3 Å². The Hall–Kier alpha value is -1.42. The molecule has 0 saturated heterocycles. The summed E-state index contributed by atoms with van der Waals surface area (Å²) in [6.07, 6.45) is 3.92. The van der Waals surface area contributed by atoms with Crippen LogP contribution >= 0.6 is 11.3 Å². The van der Waals surface area contributed by atoms with Crippen LogP contribution in [0.1, 0.15) is 24.0 Å². The lowest BCUT2D eigenvalue weighted by Crippen LogP contribution is -2.18. The van der Waals surface area contributed by atoms with E-state index in [1.807, 2.05) is 11.4 Å². The molecule has 0 bridgehead atoms. The van der Waals surface area contributed by atoms with Gasteiger partial charge in [0.25, 0.3) is 5.56 Å². The maximum atomic E-state index is 11.5. The van der Waals surface area contributed by atoms with Gasteiger partial charge in [-0.05, 0) is 18.9 Å². The van der Waals surface area contributed by atoms with Gasteiger partial charge in [0.05, 0.1) is 17.2 Å². The maximum Gasteiger partial charge on any atom is 0.250 e. The standard InChI is InChI=1S/C12H14N2OS/c1-2-5-11-13-10(9-16-11)8-14-7-4-3-6-12(14)15/h3-4,6-7,9H,2,5,8H2,1H3. The van der Waals surface area contributed by atoms with Crippen molar-refractivity contribution in [3.05, 3.63) is 50.8 Å². The minimum atomic E-state index is 0.0209. The normalized spacial score (nSPS) is 10.6. The highest BCUT2D eigenvalue weighted by Gasteiger charge is 2.02. The molecule has 2 rings (SSSR count). The van der Waals surface area contributed by atoms with Gasteiger partial charge < -0.3 is 4.57 Å². The van der Waals surface area contributed by atoms with Gasteiger partial charge in [-0.3, -0.25) is 4.79 Å². The smallest absolute Gasteiger partial charge is 0.250 e. The fraction of sp³-hybridized carbons (Fsp3) is 0.333. The van der Waals surface area contributed by atoms with E-state index in [-0.39, 0.29) is 5.56 Å². The lowest BCUT2D eigenvalue weighted by molar-refractivity contribution is 0.738. The van der Waals surface area contributed by atoms with E-state index >= 15 is 0 Å². The SMILES string of the molecule is CCCc1nc(Cn2ccccc2=O)cs1. The average molecular weight is 234 g/mol. The van der Waals surface area contributed by atoms with Crippen molar-refractivity contribution in [2.75, 3.05) is 0 Å². The highest BCUT2D eigenvalue weighted by atomic mass is 32.1. The van der Waals surface area contributed by atoms with Crippen LogP contribution in [-0.2, 0) is 13.0 Å². The van der Waals surface area contributed by atoms with Crippen LogP contribution in [0.25, 0.3) is 0 Å². The number of hydrogen-bond donors (Lipinski definition) is 0. The van der Waals surface area contributed by atoms with Crippen molar-refractivity contribution in [2.24, 2.45) is 0 Å². The highest BCUT2D eigenvalue weighted by Crippen LogP contribution is 2.12. The zero-order valence-corrected chi connectivity index (χ0v) is 10.0. The molecule has 0 aromatic carbocycles. The van der Waals surface area contributed by atoms with Crippen LogP contribution in [0.15, 0.2) is 34.6 Å². The summed E-state index contributed by atoms with van der Waals surface area (Å²) < 4.78 is 1.67. The minimum Gasteiger partial charge on any atom is -0.310 e. The Kier molecular flexibility index (Phi) is 3.51. The van der Waals surface area contributed by atoms with Gasteiger partial charge in [0.2, 0.25) is 0 Å². The third kappa shape index (κ3) is 2.58. The second kappa shape index (κ2) is 5.07. The summed E-state index contributed by atoms with van der Waals surface area (Å²) >= 11 is 1.67. The van der Waals surface area contributed by atoms with E-state index < -0.39 is 0 Å². The highest BCUT2D eigenvalue weighted by molar-refractivity contribution is 7.09. The van der Waals surface area contributed by atoms with E-state index in [2.05, 4.69) is 11.9 Å². The van der Waals surface area contributed by atoms with Gasteiger partial charge >= 0.3 is 0 Å². The predicted molar refractivity (Wildman–Crippen MR) is 65.9 cm³/mol. The molecule has 3 nitrogen and oxygen atoms in total. The van der Waals surface area contributed by atoms with Crippen molar-refractivity contribution in [1.29, 1.82) is 0 Å². The number of hydrogen-bond acceptors (Lipinski definition) is 3. The monoisotopic (exact) mass is 234 g/mol. The van der Waals surface area contributed by atoms with Gasteiger partial charge in [0, 0.05) is 17.6 Å². The Morgan fingerprint density at radius 1 is 1.44 bits per heavy atom. The first kappa shape index (κ1) is 11.1. The Morgan fingerprint density at radius 3 is 3.06 bits per heavy atom. The van der Waals surface area contributed by atoms with Crippen LogP contribution in [0.4, 0.5) is 0 Å². The number of nitrogens with zero attached hydrogens (tertiary/aromatic N) is 2. The Balaban J connectivity index is 2.15. The summed E-state index contributed by atoms with van der Waals surface area (Å²) in [6, 6.07) is 5.18. The van der Waals surface area contributed by atoms with Gasteiger partial charge in [-0.25, -0.2) is 4.98 Å². The molecule has 0 atom stereocenters. The van der Waals surface area contributed by atoms with Gasteiger partial charge in [-0.2, -0.15) is 0 Å². The third-order valence-corrected chi connectivity index (χ3v) is 3.25. The summed E-state index contributed by atoms with van der Waals surface area (Å²) in [4.78, 5) is 16.0. The molecule has 0 radical (unpaired) electrons. The van der Waals surface area contributed by atoms with E-state index in [4.69, 9.17) is 0 Å². The Morgan fingerprint density at radius 2 is 2.31 bits per heavy atom. The van der Waals surface area contributed by atoms with Crippen LogP contribution in [0.2, 0.25) is 0 Å². The Labute approximate surface area is 98.4 Å². The molecule has 0 N–H and O–H groups in total. The maximum absolute atomic E-state index is 11.5. The molecule has 2 aromatic heterocycles. The zero-order valence-electron chi connectivity index (χ0n) is 9.22. The summed E-state index contributed by atoms with van der Waals surface area (Å²) in [5, 5.41) is 3.19. The van der Waals surface area contributed by atoms with Crippen molar-refractivity contribution in [3.8, 4) is 0 Å². The van der Waals surface area contributed by atoms with E-state index in [1.54, 1.807) is 34.2 Å². The third-order valence-electron chi connectivity index (χ3n) is 2.29. The first-order valence-corrected chi connectivity index (χ1v) is 6.26. The zero-order chi connectivity index (χ0) is 11.4. The molecule has 0 spiro atoms. The van der Waals surface area contributed by atoms with E-state index in [9.17, 15) is 4.79 Å². The molecule has 0 fully saturated rings. The van der Waals surface area contributed by atoms with Gasteiger partial charge in [0.15, 0.2) is 0 Å². The minimum absolute atomic E-state index is 0.0209. The van der Waals surface area contributed by atoms with E-state index in [0.717, 1.165) is 23.5 Å². The first-order chi connectivity index (χ1) is 7.79. The number of rotatable bonds is 4. The molecule has 2 aromatic rings. The van der Waals surface area contributed by atoms with Crippen LogP contribution in [0, 0.1) is 0 Å². The van der Waals surface area contributed by atoms with Crippen LogP contribution in [0.3, 0.4) is 0 Å². The van der Waals surface area contributed by atoms with E-state index in [1.165, 1.54) is 0 Å². The number of pyridine rings is 1. The van der Waals surface area contributed by atoms with Crippen molar-refractivity contribution < 1.29 is 0 Å². The van der Waals surface area contributed by atoms with Crippen molar-refractivity contribution in [3.63, 3.8) is 0 Å². The Bertz CT molecular complexity index is 515. The average Bonchev–Trinajstić information content (AvgIpc) is 2.70. The lowest BCUT2D eigenvalue weighted by Gasteiger charge is -2.01. The number of thiazole rings is 1. The predicted octanol–water partition coefficient (Wildman–Crippen LogP) is 2.31. The second-order valence-corrected chi connectivity index (χ2v) is 4.59. The molecule has 16 heavy (non-hydrogen) atoms. The van der Waals surface area contributed by atoms with Crippen molar-refractivity contribution >= 4 is 11.3 Å². The lowest BCUT2D eigenvalue weighted by atomic mass is 10.3. The van der Waals surface area contributed by atoms with Crippen molar-refractivity contribution in [1.82, 2.24) is 9.55 Å². The van der Waals surface area contributed by atoms with Crippen LogP contribution in [0.5, 0.6) is 0 Å². The molecule has 2 heterocycles. The molecular weight excluding hydrogens is 220 g/mol. The van der Waals surface area contributed by atoms with Crippen LogP contribution in [-0.4, -0.2) is 9.55 Å². The summed E-state index contributed by atoms with van der Waals surface area (Å²) in [7, 11) is 0. The fourth-order valence-electron chi connectivity index (χ4n) is 1.52. The van der Waals surface area contributed by atoms with Crippen molar-refractivity contribution in [2.45, 2.75) is 26.3 Å². The number of aromatic nitrogens is 2. The fourth-order valence-corrected chi connectivity index (χ4v) is 2.41. The molecule has 0 amide bonds. The molecule has 84 valence electrons. The molecule has 0 aliphatic heterocycles. The quantitative estimate of drug-likeness (QED) is 0.813. The summed E-state index contributed by atoms with van der Waals surface area (Å²) in [5.74, 6) is 0. The largest absolute Gasteiger partial charge is 0.310 e. The second-order valence-electron chi connectivity index (χ2n) is 3.65. The molecule has 0 aliphatic rings. The van der Waals surface area contributed by atoms with Gasteiger partial charge in [0.1, 0.15) is 0 Å². The van der Waals surface area contributed by atoms with Gasteiger partial charge in [-0.1, -0.05) is 13.0 Å². The number of aryl methyl sites for hydroxylation is 1. The molecule has 0 unspecified atom stereocenters. The molecule has 0 aliphatic carbocycles. The van der Waals surface area contributed by atoms with Crippen LogP contribution < -0.4 is 5.56 Å². The first-order valence-electron chi connectivity index (χ1n) is 5.38. The summed E-state index contributed by atoms with van der Waals surface area (Å²) in [5.41, 5.74) is 0.995. The van der Waals surface area contributed by atoms with E-state index in [0.29, 0.717) is 6.54 Å². The topological polar surface area (TPSA) is 34.9 Å². The molecule has 0 saturated carbocycles. The molecular formula is C12H14N2OS. The summed E-state index contributed by atoms with van der Waals surface area (Å²) in [6.45, 7) is 2.71. The molecule has 4 heteroatoms.